The van der Waals surface area contributed by atoms with Gasteiger partial charge in [0.2, 0.25) is 5.89 Å². The Labute approximate surface area is 117 Å². The van der Waals surface area contributed by atoms with Gasteiger partial charge in [-0.25, -0.2) is 0 Å². The molecule has 0 spiro atoms. The highest BCUT2D eigenvalue weighted by atomic mass is 32.2. The van der Waals surface area contributed by atoms with E-state index in [9.17, 15) is 0 Å². The summed E-state index contributed by atoms with van der Waals surface area (Å²) in [4.78, 5) is 4.46. The monoisotopic (exact) mass is 283 g/mol. The summed E-state index contributed by atoms with van der Waals surface area (Å²) in [6.07, 6.45) is 6.33. The number of hydrogen-bond acceptors (Lipinski definition) is 6. The van der Waals surface area contributed by atoms with E-state index in [0.717, 1.165) is 36.5 Å². The van der Waals surface area contributed by atoms with Crippen LogP contribution in [0.4, 0.5) is 0 Å². The van der Waals surface area contributed by atoms with E-state index in [1.807, 2.05) is 11.8 Å². The Morgan fingerprint density at radius 3 is 3.00 bits per heavy atom. The molecule has 2 fully saturated rings. The molecular weight excluding hydrogens is 262 g/mol. The molecule has 1 N–H and O–H groups in total. The first-order chi connectivity index (χ1) is 9.40. The van der Waals surface area contributed by atoms with E-state index in [2.05, 4.69) is 15.5 Å². The van der Waals surface area contributed by atoms with Crippen molar-refractivity contribution >= 4 is 11.8 Å². The summed E-state index contributed by atoms with van der Waals surface area (Å²) in [7, 11) is 0. The largest absolute Gasteiger partial charge is 0.375 e. The Bertz CT molecular complexity index is 387. The number of nitrogens with zero attached hydrogens (tertiary/aromatic N) is 2. The zero-order chi connectivity index (χ0) is 12.9. The molecule has 1 saturated heterocycles. The Morgan fingerprint density at radius 2 is 2.21 bits per heavy atom. The Kier molecular flexibility index (Phi) is 4.74. The van der Waals surface area contributed by atoms with Crippen LogP contribution in [0.15, 0.2) is 4.52 Å². The molecule has 0 aromatic carbocycles. The first kappa shape index (κ1) is 13.4. The molecule has 0 bridgehead atoms. The highest BCUT2D eigenvalue weighted by Crippen LogP contribution is 2.30. The number of nitrogens with one attached hydrogen (secondary N) is 1. The van der Waals surface area contributed by atoms with Gasteiger partial charge in [0.05, 0.1) is 24.9 Å². The van der Waals surface area contributed by atoms with Crippen molar-refractivity contribution in [1.29, 1.82) is 0 Å². The summed E-state index contributed by atoms with van der Waals surface area (Å²) in [5.74, 6) is 2.41. The summed E-state index contributed by atoms with van der Waals surface area (Å²) in [5, 5.41) is 8.16. The van der Waals surface area contributed by atoms with Crippen LogP contribution < -0.4 is 5.32 Å². The van der Waals surface area contributed by atoms with Gasteiger partial charge < -0.3 is 14.6 Å². The number of morpholine rings is 1. The fourth-order valence-corrected chi connectivity index (χ4v) is 3.79. The van der Waals surface area contributed by atoms with Crippen LogP contribution in [0.1, 0.15) is 37.4 Å². The Hall–Kier alpha value is -0.590. The van der Waals surface area contributed by atoms with E-state index < -0.39 is 0 Å². The van der Waals surface area contributed by atoms with Crippen molar-refractivity contribution in [1.82, 2.24) is 15.5 Å². The molecule has 19 heavy (non-hydrogen) atoms. The molecule has 2 heterocycles. The van der Waals surface area contributed by atoms with Crippen LogP contribution in [0.5, 0.6) is 0 Å². The predicted molar refractivity (Wildman–Crippen MR) is 74.2 cm³/mol. The fraction of sp³-hybridized carbons (Fsp3) is 0.846. The third-order valence-electron chi connectivity index (χ3n) is 3.67. The van der Waals surface area contributed by atoms with Crippen molar-refractivity contribution in [2.45, 2.75) is 49.2 Å². The lowest BCUT2D eigenvalue weighted by molar-refractivity contribution is 0.0246. The summed E-state index contributed by atoms with van der Waals surface area (Å²) < 4.78 is 10.9. The van der Waals surface area contributed by atoms with E-state index in [1.165, 1.54) is 25.7 Å². The molecular formula is C13H21N3O2S. The number of ether oxygens (including phenoxy) is 1. The molecule has 106 valence electrons. The van der Waals surface area contributed by atoms with Crippen LogP contribution in [0.2, 0.25) is 0 Å². The first-order valence-corrected chi connectivity index (χ1v) is 8.20. The topological polar surface area (TPSA) is 60.2 Å². The molecule has 0 amide bonds. The van der Waals surface area contributed by atoms with E-state index in [0.29, 0.717) is 12.3 Å². The van der Waals surface area contributed by atoms with Gasteiger partial charge >= 0.3 is 0 Å². The molecule has 0 radical (unpaired) electrons. The van der Waals surface area contributed by atoms with Crippen molar-refractivity contribution in [3.05, 3.63) is 11.7 Å². The van der Waals surface area contributed by atoms with Gasteiger partial charge in [0.15, 0.2) is 5.82 Å². The van der Waals surface area contributed by atoms with Crippen LogP contribution in [-0.4, -0.2) is 41.2 Å². The third kappa shape index (κ3) is 3.94. The van der Waals surface area contributed by atoms with Gasteiger partial charge in [-0.05, 0) is 12.8 Å². The second-order valence-electron chi connectivity index (χ2n) is 5.22. The van der Waals surface area contributed by atoms with E-state index in [-0.39, 0.29) is 6.10 Å². The van der Waals surface area contributed by atoms with Crippen LogP contribution in [0.25, 0.3) is 0 Å². The maximum absolute atomic E-state index is 5.64. The fourth-order valence-electron chi connectivity index (χ4n) is 2.62. The highest BCUT2D eigenvalue weighted by molar-refractivity contribution is 7.99. The lowest BCUT2D eigenvalue weighted by Gasteiger charge is -2.21. The number of rotatable bonds is 5. The SMILES string of the molecule is C1CCC(SCc2noc(CC3CNCCO3)n2)C1. The molecule has 5 nitrogen and oxygen atoms in total. The zero-order valence-electron chi connectivity index (χ0n) is 11.1. The first-order valence-electron chi connectivity index (χ1n) is 7.15. The van der Waals surface area contributed by atoms with Crippen LogP contribution >= 0.6 is 11.8 Å². The molecule has 1 unspecified atom stereocenters. The third-order valence-corrected chi connectivity index (χ3v) is 5.03. The van der Waals surface area contributed by atoms with Crippen LogP contribution in [0, 0.1) is 0 Å². The van der Waals surface area contributed by atoms with Gasteiger partial charge in [-0.15, -0.1) is 0 Å². The zero-order valence-corrected chi connectivity index (χ0v) is 12.0. The normalized spacial score (nSPS) is 24.9. The van der Waals surface area contributed by atoms with Gasteiger partial charge in [0, 0.05) is 18.3 Å². The molecule has 1 aliphatic heterocycles. The van der Waals surface area contributed by atoms with Crippen LogP contribution in [-0.2, 0) is 16.9 Å². The number of aromatic nitrogens is 2. The molecule has 1 aromatic heterocycles. The molecule has 3 rings (SSSR count). The van der Waals surface area contributed by atoms with Gasteiger partial charge in [0.1, 0.15) is 0 Å². The molecule has 1 saturated carbocycles. The standard InChI is InChI=1S/C13H21N3O2S/c1-2-4-11(3-1)19-9-12-15-13(18-16-12)7-10-8-14-5-6-17-10/h10-11,14H,1-9H2. The predicted octanol–water partition coefficient (Wildman–Crippen LogP) is 1.78. The van der Waals surface area contributed by atoms with Crippen molar-refractivity contribution in [3.63, 3.8) is 0 Å². The van der Waals surface area contributed by atoms with Crippen LogP contribution in [0.3, 0.4) is 0 Å². The second-order valence-corrected chi connectivity index (χ2v) is 6.51. The average molecular weight is 283 g/mol. The van der Waals surface area contributed by atoms with Crippen molar-refractivity contribution in [2.75, 3.05) is 19.7 Å². The van der Waals surface area contributed by atoms with Crippen molar-refractivity contribution in [3.8, 4) is 0 Å². The van der Waals surface area contributed by atoms with Gasteiger partial charge in [-0.3, -0.25) is 0 Å². The summed E-state index contributed by atoms with van der Waals surface area (Å²) in [5.41, 5.74) is 0. The average Bonchev–Trinajstić information content (AvgIpc) is 3.09. The minimum atomic E-state index is 0.171. The Morgan fingerprint density at radius 1 is 1.32 bits per heavy atom. The molecule has 1 atom stereocenters. The summed E-state index contributed by atoms with van der Waals surface area (Å²) in [6.45, 7) is 2.57. The number of hydrogen-bond donors (Lipinski definition) is 1. The second kappa shape index (κ2) is 6.72. The lowest BCUT2D eigenvalue weighted by atomic mass is 10.2. The van der Waals surface area contributed by atoms with E-state index in [1.54, 1.807) is 0 Å². The molecule has 1 aliphatic carbocycles. The molecule has 2 aliphatic rings. The minimum Gasteiger partial charge on any atom is -0.375 e. The lowest BCUT2D eigenvalue weighted by Crippen LogP contribution is -2.39. The van der Waals surface area contributed by atoms with Crippen molar-refractivity contribution < 1.29 is 9.26 Å². The summed E-state index contributed by atoms with van der Waals surface area (Å²) >= 11 is 1.97. The highest BCUT2D eigenvalue weighted by Gasteiger charge is 2.19. The van der Waals surface area contributed by atoms with Crippen molar-refractivity contribution in [2.24, 2.45) is 0 Å². The van der Waals surface area contributed by atoms with E-state index >= 15 is 0 Å². The Balaban J connectivity index is 1.45. The molecule has 6 heteroatoms. The van der Waals surface area contributed by atoms with Gasteiger partial charge in [0.25, 0.3) is 0 Å². The van der Waals surface area contributed by atoms with Gasteiger partial charge in [-0.2, -0.15) is 16.7 Å². The van der Waals surface area contributed by atoms with E-state index in [4.69, 9.17) is 9.26 Å². The quantitative estimate of drug-likeness (QED) is 0.889. The minimum absolute atomic E-state index is 0.171. The maximum Gasteiger partial charge on any atom is 0.229 e. The summed E-state index contributed by atoms with van der Waals surface area (Å²) in [6, 6.07) is 0. The maximum atomic E-state index is 5.64. The molecule has 1 aromatic rings. The van der Waals surface area contributed by atoms with Gasteiger partial charge in [-0.1, -0.05) is 18.0 Å². The smallest absolute Gasteiger partial charge is 0.229 e. The number of thioether (sulfide) groups is 1.